The van der Waals surface area contributed by atoms with E-state index < -0.39 is 5.54 Å². The molecule has 0 unspecified atom stereocenters. The number of likely N-dealkylation sites (tertiary alicyclic amines) is 1. The molecule has 3 aliphatic rings. The van der Waals surface area contributed by atoms with Crippen molar-refractivity contribution in [1.82, 2.24) is 14.8 Å². The number of hydrogen-bond donors (Lipinski definition) is 2. The van der Waals surface area contributed by atoms with Crippen molar-refractivity contribution in [2.45, 2.75) is 70.4 Å². The van der Waals surface area contributed by atoms with Gasteiger partial charge in [0.05, 0.1) is 0 Å². The molecule has 6 rings (SSSR count). The monoisotopic (exact) mass is 555 g/mol. The molecular weight excluding hydrogens is 510 g/mol. The molecule has 0 radical (unpaired) electrons. The van der Waals surface area contributed by atoms with Crippen LogP contribution in [0.2, 0.25) is 0 Å². The highest BCUT2D eigenvalue weighted by atomic mass is 16.2. The summed E-state index contributed by atoms with van der Waals surface area (Å²) in [5, 5.41) is 4.49. The third kappa shape index (κ3) is 4.92. The van der Waals surface area contributed by atoms with Gasteiger partial charge in [0.1, 0.15) is 5.54 Å². The number of aromatic amines is 1. The normalized spacial score (nSPS) is 23.3. The fourth-order valence-electron chi connectivity index (χ4n) is 7.46. The number of aromatic nitrogens is 1. The Bertz CT molecular complexity index is 1440. The molecule has 0 spiro atoms. The molecular formula is C34H45N5O2. The van der Waals surface area contributed by atoms with Gasteiger partial charge in [-0.2, -0.15) is 0 Å². The summed E-state index contributed by atoms with van der Waals surface area (Å²) in [4.78, 5) is 38.6. The van der Waals surface area contributed by atoms with Crippen molar-refractivity contribution in [3.8, 4) is 0 Å². The van der Waals surface area contributed by atoms with E-state index in [2.05, 4.69) is 72.2 Å². The van der Waals surface area contributed by atoms with E-state index in [9.17, 15) is 9.59 Å². The van der Waals surface area contributed by atoms with Gasteiger partial charge < -0.3 is 25.0 Å². The highest BCUT2D eigenvalue weighted by Crippen LogP contribution is 2.67. The predicted molar refractivity (Wildman–Crippen MR) is 166 cm³/mol. The SMILES string of the molecule is Cc1[nH]c2ccccc2c1[C@@H]1[C@@H](CC(=O)N(C2CC2)C2(C(=O)Nc3ccc(N(C)C)cc3)CCN(C)CC2)C1(C)C. The lowest BCUT2D eigenvalue weighted by Crippen LogP contribution is -2.64. The molecule has 2 aliphatic carbocycles. The molecule has 1 saturated heterocycles. The number of anilines is 2. The zero-order chi connectivity index (χ0) is 29.1. The van der Waals surface area contributed by atoms with Gasteiger partial charge in [0, 0.05) is 67.6 Å². The van der Waals surface area contributed by atoms with Crippen LogP contribution < -0.4 is 10.2 Å². The third-order valence-corrected chi connectivity index (χ3v) is 10.2. The van der Waals surface area contributed by atoms with Gasteiger partial charge in [0.25, 0.3) is 0 Å². The van der Waals surface area contributed by atoms with Gasteiger partial charge in [-0.1, -0.05) is 32.0 Å². The third-order valence-electron chi connectivity index (χ3n) is 10.2. The fraction of sp³-hybridized carbons (Fsp3) is 0.529. The number of carbonyl (C=O) groups is 2. The van der Waals surface area contributed by atoms with Gasteiger partial charge in [-0.05, 0) is 92.8 Å². The van der Waals surface area contributed by atoms with Crippen molar-refractivity contribution in [2.75, 3.05) is 44.4 Å². The maximum absolute atomic E-state index is 14.4. The van der Waals surface area contributed by atoms with E-state index >= 15 is 0 Å². The molecule has 2 saturated carbocycles. The number of H-pyrrole nitrogens is 1. The van der Waals surface area contributed by atoms with Gasteiger partial charge in [-0.3, -0.25) is 9.59 Å². The van der Waals surface area contributed by atoms with Gasteiger partial charge in [-0.25, -0.2) is 0 Å². The molecule has 2 atom stereocenters. The number of carbonyl (C=O) groups excluding carboxylic acids is 2. The van der Waals surface area contributed by atoms with E-state index in [1.807, 2.05) is 43.3 Å². The first-order valence-electron chi connectivity index (χ1n) is 15.2. The molecule has 218 valence electrons. The van der Waals surface area contributed by atoms with Crippen molar-refractivity contribution < 1.29 is 9.59 Å². The number of fused-ring (bicyclic) bond motifs is 1. The lowest BCUT2D eigenvalue weighted by Gasteiger charge is -2.47. The molecule has 2 heterocycles. The topological polar surface area (TPSA) is 71.7 Å². The van der Waals surface area contributed by atoms with Gasteiger partial charge >= 0.3 is 0 Å². The van der Waals surface area contributed by atoms with Crippen molar-refractivity contribution in [3.05, 3.63) is 59.8 Å². The summed E-state index contributed by atoms with van der Waals surface area (Å²) in [6.07, 6.45) is 3.76. The van der Waals surface area contributed by atoms with E-state index in [0.717, 1.165) is 42.8 Å². The van der Waals surface area contributed by atoms with Crippen LogP contribution in [0.15, 0.2) is 48.5 Å². The number of piperidine rings is 1. The Labute approximate surface area is 244 Å². The summed E-state index contributed by atoms with van der Waals surface area (Å²) < 4.78 is 0. The maximum Gasteiger partial charge on any atom is 0.250 e. The van der Waals surface area contributed by atoms with Crippen molar-refractivity contribution >= 4 is 34.1 Å². The van der Waals surface area contributed by atoms with Crippen molar-refractivity contribution in [3.63, 3.8) is 0 Å². The summed E-state index contributed by atoms with van der Waals surface area (Å²) in [7, 11) is 6.11. The molecule has 0 bridgehead atoms. The first kappa shape index (κ1) is 27.8. The quantitative estimate of drug-likeness (QED) is 0.370. The lowest BCUT2D eigenvalue weighted by atomic mass is 9.83. The molecule has 2 N–H and O–H groups in total. The Morgan fingerprint density at radius 1 is 1.02 bits per heavy atom. The minimum Gasteiger partial charge on any atom is -0.378 e. The second kappa shape index (κ2) is 10.2. The van der Waals surface area contributed by atoms with Crippen LogP contribution in [0.1, 0.15) is 63.1 Å². The summed E-state index contributed by atoms with van der Waals surface area (Å²) in [6, 6.07) is 16.6. The Morgan fingerprint density at radius 2 is 1.68 bits per heavy atom. The average molecular weight is 556 g/mol. The molecule has 3 fully saturated rings. The van der Waals surface area contributed by atoms with E-state index in [1.165, 1.54) is 16.6 Å². The number of aryl methyl sites for hydroxylation is 1. The van der Waals surface area contributed by atoms with Crippen LogP contribution in [0.3, 0.4) is 0 Å². The Morgan fingerprint density at radius 3 is 2.32 bits per heavy atom. The number of benzene rings is 2. The first-order chi connectivity index (χ1) is 19.5. The molecule has 41 heavy (non-hydrogen) atoms. The minimum atomic E-state index is -0.823. The Kier molecular flexibility index (Phi) is 6.92. The van der Waals surface area contributed by atoms with Crippen LogP contribution in [0.5, 0.6) is 0 Å². The Balaban J connectivity index is 1.27. The summed E-state index contributed by atoms with van der Waals surface area (Å²) in [5.41, 5.74) is 4.78. The number of hydrogen-bond acceptors (Lipinski definition) is 4. The number of rotatable bonds is 8. The predicted octanol–water partition coefficient (Wildman–Crippen LogP) is 5.77. The van der Waals surface area contributed by atoms with E-state index in [4.69, 9.17) is 0 Å². The average Bonchev–Trinajstić information content (AvgIpc) is 3.82. The van der Waals surface area contributed by atoms with Crippen molar-refractivity contribution in [2.24, 2.45) is 11.3 Å². The molecule has 7 heteroatoms. The lowest BCUT2D eigenvalue weighted by molar-refractivity contribution is -0.150. The first-order valence-corrected chi connectivity index (χ1v) is 15.2. The fourth-order valence-corrected chi connectivity index (χ4v) is 7.46. The largest absolute Gasteiger partial charge is 0.378 e. The summed E-state index contributed by atoms with van der Waals surface area (Å²) >= 11 is 0. The maximum atomic E-state index is 14.4. The van der Waals surface area contributed by atoms with Gasteiger partial charge in [-0.15, -0.1) is 0 Å². The second-order valence-electron chi connectivity index (χ2n) is 13.5. The number of amides is 2. The van der Waals surface area contributed by atoms with Crippen LogP contribution >= 0.6 is 0 Å². The van der Waals surface area contributed by atoms with Crippen LogP contribution in [-0.2, 0) is 9.59 Å². The summed E-state index contributed by atoms with van der Waals surface area (Å²) in [6.45, 7) is 8.36. The number of nitrogens with zero attached hydrogens (tertiary/aromatic N) is 3. The van der Waals surface area contributed by atoms with Crippen LogP contribution in [0, 0.1) is 18.3 Å². The zero-order valence-electron chi connectivity index (χ0n) is 25.5. The molecule has 1 aromatic heterocycles. The Hall–Kier alpha value is -3.32. The van der Waals surface area contributed by atoms with E-state index in [0.29, 0.717) is 25.2 Å². The highest BCUT2D eigenvalue weighted by Gasteiger charge is 2.61. The second-order valence-corrected chi connectivity index (χ2v) is 13.5. The molecule has 2 amide bonds. The van der Waals surface area contributed by atoms with E-state index in [1.54, 1.807) is 0 Å². The zero-order valence-corrected chi connectivity index (χ0v) is 25.5. The molecule has 2 aromatic carbocycles. The van der Waals surface area contributed by atoms with Crippen LogP contribution in [-0.4, -0.2) is 72.4 Å². The smallest absolute Gasteiger partial charge is 0.250 e. The van der Waals surface area contributed by atoms with Crippen molar-refractivity contribution in [1.29, 1.82) is 0 Å². The standard InChI is InChI=1S/C34H45N5O2/c1-22-30(26-9-7-8-10-28(26)35-22)31-27(33(31,2)3)21-29(40)39(25-15-16-25)34(17-19-38(6)20-18-34)32(41)36-23-11-13-24(14-12-23)37(4)5/h7-14,25,27,31,35H,15-21H2,1-6H3,(H,36,41)/t27-,31+/m1/s1. The highest BCUT2D eigenvalue weighted by molar-refractivity contribution is 6.01. The molecule has 3 aromatic rings. The number of nitrogens with one attached hydrogen (secondary N) is 2. The molecule has 1 aliphatic heterocycles. The minimum absolute atomic E-state index is 0.0248. The number of para-hydroxylation sites is 1. The van der Waals surface area contributed by atoms with Gasteiger partial charge in [0.15, 0.2) is 0 Å². The van der Waals surface area contributed by atoms with E-state index in [-0.39, 0.29) is 29.2 Å². The van der Waals surface area contributed by atoms with Crippen LogP contribution in [0.25, 0.3) is 10.9 Å². The molecule has 7 nitrogen and oxygen atoms in total. The van der Waals surface area contributed by atoms with Gasteiger partial charge in [0.2, 0.25) is 11.8 Å². The van der Waals surface area contributed by atoms with Crippen LogP contribution in [0.4, 0.5) is 11.4 Å². The summed E-state index contributed by atoms with van der Waals surface area (Å²) in [5.74, 6) is 0.677.